The molecule has 20 heavy (non-hydrogen) atoms. The average molecular weight is 281 g/mol. The first-order valence-corrected chi connectivity index (χ1v) is 7.76. The van der Waals surface area contributed by atoms with Crippen LogP contribution in [0.2, 0.25) is 0 Å². The molecule has 1 aliphatic carbocycles. The quantitative estimate of drug-likeness (QED) is 0.830. The van der Waals surface area contributed by atoms with Gasteiger partial charge in [-0.15, -0.1) is 0 Å². The molecule has 1 aliphatic heterocycles. The molecule has 0 aromatic heterocycles. The number of carbonyl (C=O) groups is 2. The fourth-order valence-corrected chi connectivity index (χ4v) is 3.08. The van der Waals surface area contributed by atoms with Crippen molar-refractivity contribution in [3.05, 3.63) is 0 Å². The van der Waals surface area contributed by atoms with Crippen LogP contribution in [0.1, 0.15) is 39.5 Å². The highest BCUT2D eigenvalue weighted by atomic mass is 16.2. The molecule has 1 heterocycles. The molecular formula is C15H27N3O2. The van der Waals surface area contributed by atoms with Crippen LogP contribution in [0.4, 0.5) is 0 Å². The minimum Gasteiger partial charge on any atom is -0.339 e. The molecule has 0 atom stereocenters. The molecule has 0 unspecified atom stereocenters. The smallest absolute Gasteiger partial charge is 0.230 e. The molecule has 114 valence electrons. The Morgan fingerprint density at radius 3 is 2.05 bits per heavy atom. The minimum absolute atomic E-state index is 0.210. The van der Waals surface area contributed by atoms with Gasteiger partial charge in [0.05, 0.1) is 5.41 Å². The summed E-state index contributed by atoms with van der Waals surface area (Å²) >= 11 is 0. The Labute approximate surface area is 121 Å². The first-order valence-electron chi connectivity index (χ1n) is 7.76. The topological polar surface area (TPSA) is 66.6 Å². The SMILES string of the molecule is CC(C)CC(=O)N1CCN(C(=O)C2(CN)CCC2)CC1. The zero-order valence-electron chi connectivity index (χ0n) is 12.7. The number of rotatable bonds is 4. The van der Waals surface area contributed by atoms with Crippen LogP contribution in [0.3, 0.4) is 0 Å². The van der Waals surface area contributed by atoms with Crippen molar-refractivity contribution in [2.24, 2.45) is 17.1 Å². The van der Waals surface area contributed by atoms with Gasteiger partial charge in [-0.3, -0.25) is 9.59 Å². The number of hydrogen-bond donors (Lipinski definition) is 1. The van der Waals surface area contributed by atoms with Crippen molar-refractivity contribution in [3.8, 4) is 0 Å². The van der Waals surface area contributed by atoms with E-state index in [1.165, 1.54) is 0 Å². The van der Waals surface area contributed by atoms with E-state index < -0.39 is 0 Å². The van der Waals surface area contributed by atoms with Gasteiger partial charge < -0.3 is 15.5 Å². The van der Waals surface area contributed by atoms with Crippen LogP contribution < -0.4 is 5.73 Å². The molecule has 0 spiro atoms. The van der Waals surface area contributed by atoms with Crippen LogP contribution in [-0.4, -0.2) is 54.3 Å². The highest BCUT2D eigenvalue weighted by Gasteiger charge is 2.45. The lowest BCUT2D eigenvalue weighted by Gasteiger charge is -2.45. The first-order chi connectivity index (χ1) is 9.48. The summed E-state index contributed by atoms with van der Waals surface area (Å²) in [5.74, 6) is 0.809. The zero-order valence-corrected chi connectivity index (χ0v) is 12.7. The Bertz CT molecular complexity index is 364. The van der Waals surface area contributed by atoms with Gasteiger partial charge in [0.1, 0.15) is 0 Å². The fraction of sp³-hybridized carbons (Fsp3) is 0.867. The standard InChI is InChI=1S/C15H27N3O2/c1-12(2)10-13(19)17-6-8-18(9-7-17)14(20)15(11-16)4-3-5-15/h12H,3-11,16H2,1-2H3. The van der Waals surface area contributed by atoms with E-state index in [4.69, 9.17) is 5.73 Å². The predicted octanol–water partition coefficient (Wildman–Crippen LogP) is 0.832. The Kier molecular flexibility index (Phi) is 4.68. The second-order valence-corrected chi connectivity index (χ2v) is 6.61. The lowest BCUT2D eigenvalue weighted by molar-refractivity contribution is -0.151. The maximum Gasteiger partial charge on any atom is 0.230 e. The van der Waals surface area contributed by atoms with E-state index in [0.29, 0.717) is 45.1 Å². The molecule has 2 rings (SSSR count). The maximum absolute atomic E-state index is 12.5. The van der Waals surface area contributed by atoms with Gasteiger partial charge in [-0.1, -0.05) is 20.3 Å². The van der Waals surface area contributed by atoms with Crippen LogP contribution in [-0.2, 0) is 9.59 Å². The van der Waals surface area contributed by atoms with Crippen LogP contribution >= 0.6 is 0 Å². The van der Waals surface area contributed by atoms with E-state index >= 15 is 0 Å². The zero-order chi connectivity index (χ0) is 14.8. The van der Waals surface area contributed by atoms with Crippen LogP contribution in [0.25, 0.3) is 0 Å². The second kappa shape index (κ2) is 6.12. The predicted molar refractivity (Wildman–Crippen MR) is 78.0 cm³/mol. The molecule has 1 saturated heterocycles. The van der Waals surface area contributed by atoms with Crippen LogP contribution in [0, 0.1) is 11.3 Å². The summed E-state index contributed by atoms with van der Waals surface area (Å²) in [5, 5.41) is 0. The van der Waals surface area contributed by atoms with Gasteiger partial charge in [-0.05, 0) is 18.8 Å². The minimum atomic E-state index is -0.288. The monoisotopic (exact) mass is 281 g/mol. The van der Waals surface area contributed by atoms with Crippen molar-refractivity contribution in [1.29, 1.82) is 0 Å². The maximum atomic E-state index is 12.5. The molecule has 5 nitrogen and oxygen atoms in total. The van der Waals surface area contributed by atoms with Gasteiger partial charge in [0.25, 0.3) is 0 Å². The lowest BCUT2D eigenvalue weighted by Crippen LogP contribution is -2.57. The third-order valence-corrected chi connectivity index (χ3v) is 4.66. The molecule has 0 aromatic carbocycles. The van der Waals surface area contributed by atoms with Crippen molar-refractivity contribution in [2.45, 2.75) is 39.5 Å². The van der Waals surface area contributed by atoms with Crippen LogP contribution in [0.5, 0.6) is 0 Å². The molecule has 0 bridgehead atoms. The third kappa shape index (κ3) is 2.97. The van der Waals surface area contributed by atoms with E-state index in [1.807, 2.05) is 9.80 Å². The highest BCUT2D eigenvalue weighted by molar-refractivity contribution is 5.84. The average Bonchev–Trinajstić information content (AvgIpc) is 2.37. The van der Waals surface area contributed by atoms with Crippen LogP contribution in [0.15, 0.2) is 0 Å². The first kappa shape index (κ1) is 15.3. The number of nitrogens with zero attached hydrogens (tertiary/aromatic N) is 2. The van der Waals surface area contributed by atoms with Gasteiger partial charge in [0.15, 0.2) is 0 Å². The molecule has 1 saturated carbocycles. The summed E-state index contributed by atoms with van der Waals surface area (Å²) in [5.41, 5.74) is 5.51. The van der Waals surface area contributed by atoms with Gasteiger partial charge in [0.2, 0.25) is 11.8 Å². The summed E-state index contributed by atoms with van der Waals surface area (Å²) in [6.45, 7) is 7.21. The Balaban J connectivity index is 1.85. The summed E-state index contributed by atoms with van der Waals surface area (Å²) in [7, 11) is 0. The molecular weight excluding hydrogens is 254 g/mol. The highest BCUT2D eigenvalue weighted by Crippen LogP contribution is 2.41. The number of nitrogens with two attached hydrogens (primary N) is 1. The molecule has 5 heteroatoms. The summed E-state index contributed by atoms with van der Waals surface area (Å²) in [6.07, 6.45) is 3.56. The van der Waals surface area contributed by atoms with Gasteiger partial charge in [0, 0.05) is 39.1 Å². The second-order valence-electron chi connectivity index (χ2n) is 6.61. The van der Waals surface area contributed by atoms with Crippen molar-refractivity contribution < 1.29 is 9.59 Å². The number of amides is 2. The normalized spacial score (nSPS) is 21.8. The van der Waals surface area contributed by atoms with E-state index in [-0.39, 0.29) is 17.2 Å². The van der Waals surface area contributed by atoms with Crippen molar-refractivity contribution >= 4 is 11.8 Å². The van der Waals surface area contributed by atoms with Gasteiger partial charge in [-0.2, -0.15) is 0 Å². The molecule has 2 N–H and O–H groups in total. The third-order valence-electron chi connectivity index (χ3n) is 4.66. The van der Waals surface area contributed by atoms with Gasteiger partial charge in [-0.25, -0.2) is 0 Å². The molecule has 2 amide bonds. The Morgan fingerprint density at radius 1 is 1.10 bits per heavy atom. The number of hydrogen-bond acceptors (Lipinski definition) is 3. The Hall–Kier alpha value is -1.10. The molecule has 2 aliphatic rings. The van der Waals surface area contributed by atoms with E-state index in [9.17, 15) is 9.59 Å². The summed E-state index contributed by atoms with van der Waals surface area (Å²) < 4.78 is 0. The Morgan fingerprint density at radius 2 is 1.65 bits per heavy atom. The largest absolute Gasteiger partial charge is 0.339 e. The van der Waals surface area contributed by atoms with Crippen molar-refractivity contribution in [3.63, 3.8) is 0 Å². The van der Waals surface area contributed by atoms with E-state index in [1.54, 1.807) is 0 Å². The molecule has 0 radical (unpaired) electrons. The summed E-state index contributed by atoms with van der Waals surface area (Å²) in [4.78, 5) is 28.3. The molecule has 0 aromatic rings. The van der Waals surface area contributed by atoms with Crippen molar-refractivity contribution in [1.82, 2.24) is 9.80 Å². The van der Waals surface area contributed by atoms with E-state index in [2.05, 4.69) is 13.8 Å². The number of carbonyl (C=O) groups excluding carboxylic acids is 2. The van der Waals surface area contributed by atoms with E-state index in [0.717, 1.165) is 19.3 Å². The number of piperazine rings is 1. The molecule has 2 fully saturated rings. The van der Waals surface area contributed by atoms with Crippen molar-refractivity contribution in [2.75, 3.05) is 32.7 Å². The summed E-state index contributed by atoms with van der Waals surface area (Å²) in [6, 6.07) is 0. The van der Waals surface area contributed by atoms with Gasteiger partial charge >= 0.3 is 0 Å². The fourth-order valence-electron chi connectivity index (χ4n) is 3.08. The lowest BCUT2D eigenvalue weighted by atomic mass is 9.67.